The summed E-state index contributed by atoms with van der Waals surface area (Å²) >= 11 is 0. The maximum absolute atomic E-state index is 7.03. The van der Waals surface area contributed by atoms with Crippen LogP contribution in [0.1, 0.15) is 0 Å². The Labute approximate surface area is 387 Å². The number of fused-ring (bicyclic) bond motifs is 16. The van der Waals surface area contributed by atoms with Crippen LogP contribution in [0.15, 0.2) is 236 Å². The minimum absolute atomic E-state index is 0.756. The van der Waals surface area contributed by atoms with Gasteiger partial charge in [0.2, 0.25) is 0 Å². The molecule has 15 rings (SSSR count). The summed E-state index contributed by atoms with van der Waals surface area (Å²) in [5.41, 5.74) is 12.3. The summed E-state index contributed by atoms with van der Waals surface area (Å²) in [4.78, 5) is 4.57. The van der Waals surface area contributed by atoms with E-state index in [1.54, 1.807) is 0 Å². The van der Waals surface area contributed by atoms with Crippen LogP contribution in [-0.4, -0.2) is 0 Å². The summed E-state index contributed by atoms with van der Waals surface area (Å²) in [5.74, 6) is 0. The van der Waals surface area contributed by atoms with E-state index in [9.17, 15) is 0 Å². The number of para-hydroxylation sites is 6. The van der Waals surface area contributed by atoms with Crippen LogP contribution in [0.5, 0.6) is 0 Å². The molecule has 6 heteroatoms. The maximum atomic E-state index is 7.03. The minimum Gasteiger partial charge on any atom is -0.456 e. The molecule has 318 valence electrons. The van der Waals surface area contributed by atoms with Gasteiger partial charge in [0.25, 0.3) is 0 Å². The van der Waals surface area contributed by atoms with E-state index in [-0.39, 0.29) is 0 Å². The zero-order valence-corrected chi connectivity index (χ0v) is 36.3. The van der Waals surface area contributed by atoms with Crippen molar-refractivity contribution in [3.8, 4) is 0 Å². The lowest BCUT2D eigenvalue weighted by molar-refractivity contribution is 0.656. The smallest absolute Gasteiger partial charge is 0.159 e. The van der Waals surface area contributed by atoms with Gasteiger partial charge in [-0.25, -0.2) is 0 Å². The summed E-state index contributed by atoms with van der Waals surface area (Å²) in [6.45, 7) is 0. The van der Waals surface area contributed by atoms with Gasteiger partial charge in [-0.15, -0.1) is 0 Å². The molecular formula is C62H36N2O4. The van der Waals surface area contributed by atoms with Crippen molar-refractivity contribution < 1.29 is 17.7 Å². The molecule has 0 saturated heterocycles. The van der Waals surface area contributed by atoms with Gasteiger partial charge in [-0.1, -0.05) is 133 Å². The molecule has 15 aromatic rings. The van der Waals surface area contributed by atoms with Crippen molar-refractivity contribution in [3.63, 3.8) is 0 Å². The highest BCUT2D eigenvalue weighted by molar-refractivity contribution is 6.31. The Morgan fingerprint density at radius 2 is 0.765 bits per heavy atom. The Balaban J connectivity index is 0.956. The van der Waals surface area contributed by atoms with Gasteiger partial charge in [0.05, 0.1) is 22.7 Å². The Morgan fingerprint density at radius 1 is 0.235 bits per heavy atom. The van der Waals surface area contributed by atoms with Crippen LogP contribution >= 0.6 is 0 Å². The summed E-state index contributed by atoms with van der Waals surface area (Å²) in [5, 5.41) is 13.0. The number of hydrogen-bond acceptors (Lipinski definition) is 6. The lowest BCUT2D eigenvalue weighted by Crippen LogP contribution is -2.10. The van der Waals surface area contributed by atoms with Gasteiger partial charge in [-0.05, 0) is 77.5 Å². The first kappa shape index (κ1) is 37.0. The molecular weight excluding hydrogens is 837 g/mol. The first-order chi connectivity index (χ1) is 33.7. The van der Waals surface area contributed by atoms with Crippen molar-refractivity contribution in [3.05, 3.63) is 218 Å². The second-order valence-corrected chi connectivity index (χ2v) is 17.6. The molecule has 11 aromatic carbocycles. The van der Waals surface area contributed by atoms with E-state index < -0.39 is 0 Å². The quantitative estimate of drug-likeness (QED) is 0.155. The first-order valence-electron chi connectivity index (χ1n) is 22.9. The average Bonchev–Trinajstić information content (AvgIpc) is 4.16. The second-order valence-electron chi connectivity index (χ2n) is 17.6. The topological polar surface area (TPSA) is 59.0 Å². The Hall–Kier alpha value is -9.26. The van der Waals surface area contributed by atoms with E-state index >= 15 is 0 Å². The molecule has 68 heavy (non-hydrogen) atoms. The number of hydrogen-bond donors (Lipinski definition) is 0. The highest BCUT2D eigenvalue weighted by atomic mass is 16.3. The Bertz CT molecular complexity index is 4520. The number of benzene rings is 11. The Morgan fingerprint density at radius 3 is 1.47 bits per heavy atom. The SMILES string of the molecule is c1ccc(N(c2ccc3c(c2)oc2cc4oc5cc(N(c6ccccc6)c6cccc7c6oc6ccccc67)c6ccc7ccccc7c6c5c4cc23)c2cccc3c2oc2ccccc23)cc1. The zero-order chi connectivity index (χ0) is 44.5. The van der Waals surface area contributed by atoms with Crippen molar-refractivity contribution in [1.82, 2.24) is 0 Å². The average molecular weight is 873 g/mol. The molecule has 0 saturated carbocycles. The third kappa shape index (κ3) is 5.34. The molecule has 0 fully saturated rings. The molecule has 0 spiro atoms. The van der Waals surface area contributed by atoms with Crippen LogP contribution in [0.4, 0.5) is 34.1 Å². The molecule has 0 atom stereocenters. The Kier molecular flexibility index (Phi) is 7.69. The van der Waals surface area contributed by atoms with Crippen molar-refractivity contribution in [2.45, 2.75) is 0 Å². The van der Waals surface area contributed by atoms with Crippen LogP contribution in [0.2, 0.25) is 0 Å². The summed E-state index contributed by atoms with van der Waals surface area (Å²) in [7, 11) is 0. The third-order valence-corrected chi connectivity index (χ3v) is 13.8. The number of nitrogens with zero attached hydrogens (tertiary/aromatic N) is 2. The van der Waals surface area contributed by atoms with E-state index in [0.717, 1.165) is 143 Å². The van der Waals surface area contributed by atoms with Crippen LogP contribution in [0.3, 0.4) is 0 Å². The molecule has 0 radical (unpaired) electrons. The minimum atomic E-state index is 0.756. The lowest BCUT2D eigenvalue weighted by atomic mass is 9.95. The fourth-order valence-electron chi connectivity index (χ4n) is 10.8. The van der Waals surface area contributed by atoms with Gasteiger partial charge >= 0.3 is 0 Å². The highest BCUT2D eigenvalue weighted by Crippen LogP contribution is 2.50. The zero-order valence-electron chi connectivity index (χ0n) is 36.3. The van der Waals surface area contributed by atoms with Gasteiger partial charge in [0, 0.05) is 83.4 Å². The monoisotopic (exact) mass is 872 g/mol. The van der Waals surface area contributed by atoms with Gasteiger partial charge in [0.15, 0.2) is 11.2 Å². The first-order valence-corrected chi connectivity index (χ1v) is 22.9. The van der Waals surface area contributed by atoms with E-state index in [0.29, 0.717) is 0 Å². The van der Waals surface area contributed by atoms with Crippen molar-refractivity contribution in [2.75, 3.05) is 9.80 Å². The van der Waals surface area contributed by atoms with Crippen LogP contribution < -0.4 is 9.80 Å². The molecule has 0 bridgehead atoms. The molecule has 0 aliphatic heterocycles. The van der Waals surface area contributed by atoms with Gasteiger partial charge in [0.1, 0.15) is 33.5 Å². The molecule has 0 aliphatic carbocycles. The standard InChI is InChI=1S/C62H36N2O4/c1-3-16-38(17-4-1)63(50-25-13-23-45-42-21-9-11-27-53(42)67-61(45)50)40-30-32-44-48-34-49-57(36-56(48)65-55(44)33-40)66-58-35-52(47-31-29-37-15-7-8-20-41(37)59(47)60(49)58)64(39-18-5-2-6-19-39)51-26-14-24-46-43-22-10-12-28-54(43)68-62(46)51/h1-36H. The van der Waals surface area contributed by atoms with E-state index in [1.165, 1.54) is 0 Å². The fraction of sp³-hybridized carbons (Fsp3) is 0. The van der Waals surface area contributed by atoms with Crippen LogP contribution in [0, 0.1) is 0 Å². The van der Waals surface area contributed by atoms with Gasteiger partial charge in [-0.2, -0.15) is 0 Å². The van der Waals surface area contributed by atoms with Crippen LogP contribution in [0.25, 0.3) is 109 Å². The second kappa shape index (κ2) is 14.1. The molecule has 0 N–H and O–H groups in total. The number of furan rings is 4. The fourth-order valence-corrected chi connectivity index (χ4v) is 10.8. The maximum Gasteiger partial charge on any atom is 0.159 e. The van der Waals surface area contributed by atoms with Crippen LogP contribution in [-0.2, 0) is 0 Å². The molecule has 0 aliphatic rings. The van der Waals surface area contributed by atoms with Crippen molar-refractivity contribution >= 4 is 143 Å². The van der Waals surface area contributed by atoms with E-state index in [4.69, 9.17) is 17.7 Å². The van der Waals surface area contributed by atoms with Gasteiger partial charge < -0.3 is 27.5 Å². The number of anilines is 6. The number of rotatable bonds is 6. The predicted octanol–water partition coefficient (Wildman–Crippen LogP) is 18.5. The van der Waals surface area contributed by atoms with Crippen molar-refractivity contribution in [1.29, 1.82) is 0 Å². The lowest BCUT2D eigenvalue weighted by Gasteiger charge is -2.27. The highest BCUT2D eigenvalue weighted by Gasteiger charge is 2.26. The molecule has 6 nitrogen and oxygen atoms in total. The normalized spacial score (nSPS) is 12.1. The van der Waals surface area contributed by atoms with E-state index in [1.807, 2.05) is 30.3 Å². The summed E-state index contributed by atoms with van der Waals surface area (Å²) < 4.78 is 27.1. The van der Waals surface area contributed by atoms with Gasteiger partial charge in [-0.3, -0.25) is 0 Å². The molecule has 0 unspecified atom stereocenters. The molecule has 4 heterocycles. The van der Waals surface area contributed by atoms with E-state index in [2.05, 4.69) is 198 Å². The largest absolute Gasteiger partial charge is 0.456 e. The van der Waals surface area contributed by atoms with Crippen molar-refractivity contribution in [2.24, 2.45) is 0 Å². The predicted molar refractivity (Wildman–Crippen MR) is 280 cm³/mol. The third-order valence-electron chi connectivity index (χ3n) is 13.8. The summed E-state index contributed by atoms with van der Waals surface area (Å²) in [6.07, 6.45) is 0. The molecule has 4 aromatic heterocycles. The molecule has 0 amide bonds. The summed E-state index contributed by atoms with van der Waals surface area (Å²) in [6, 6.07) is 76.4.